The number of halogens is 4. The van der Waals surface area contributed by atoms with E-state index in [-0.39, 0.29) is 22.5 Å². The Labute approximate surface area is 177 Å². The number of carbonyl (C=O) groups excluding carboxylic acids is 1. The van der Waals surface area contributed by atoms with Crippen molar-refractivity contribution >= 4 is 34.4 Å². The highest BCUT2D eigenvalue weighted by atomic mass is 35.5. The number of pyridine rings is 1. The van der Waals surface area contributed by atoms with Crippen LogP contribution in [0.15, 0.2) is 47.3 Å². The number of aliphatic carboxylic acids is 1. The summed E-state index contributed by atoms with van der Waals surface area (Å²) in [5.41, 5.74) is -2.06. The zero-order chi connectivity index (χ0) is 22.9. The number of benzene rings is 2. The van der Waals surface area contributed by atoms with Gasteiger partial charge in [0.2, 0.25) is 0 Å². The van der Waals surface area contributed by atoms with Crippen LogP contribution in [0.1, 0.15) is 21.5 Å². The lowest BCUT2D eigenvalue weighted by Crippen LogP contribution is -2.36. The van der Waals surface area contributed by atoms with Crippen LogP contribution in [0.4, 0.5) is 13.2 Å². The zero-order valence-corrected chi connectivity index (χ0v) is 16.3. The lowest BCUT2D eigenvalue weighted by molar-refractivity contribution is -0.138. The van der Waals surface area contributed by atoms with Gasteiger partial charge in [0.15, 0.2) is 0 Å². The first-order valence-corrected chi connectivity index (χ1v) is 9.08. The monoisotopic (exact) mass is 454 g/mol. The Morgan fingerprint density at radius 1 is 1.10 bits per heavy atom. The van der Waals surface area contributed by atoms with Crippen LogP contribution >= 0.6 is 11.6 Å². The topological polar surface area (TPSA) is 109 Å². The van der Waals surface area contributed by atoms with E-state index in [4.69, 9.17) is 16.7 Å². The third-order valence-corrected chi connectivity index (χ3v) is 4.69. The van der Waals surface area contributed by atoms with Crippen LogP contribution in [0, 0.1) is 0 Å². The van der Waals surface area contributed by atoms with Crippen molar-refractivity contribution in [3.8, 4) is 5.75 Å². The Morgan fingerprint density at radius 2 is 1.74 bits per heavy atom. The maximum Gasteiger partial charge on any atom is 0.416 e. The zero-order valence-electron chi connectivity index (χ0n) is 15.5. The molecule has 0 aliphatic carbocycles. The molecule has 7 nitrogen and oxygen atoms in total. The number of nitrogens with zero attached hydrogens (tertiary/aromatic N) is 1. The Kier molecular flexibility index (Phi) is 5.94. The van der Waals surface area contributed by atoms with E-state index in [0.717, 1.165) is 16.7 Å². The van der Waals surface area contributed by atoms with Gasteiger partial charge in [0.25, 0.3) is 11.5 Å². The summed E-state index contributed by atoms with van der Waals surface area (Å²) in [4.78, 5) is 36.1. The molecule has 162 valence electrons. The van der Waals surface area contributed by atoms with Crippen LogP contribution in [-0.4, -0.2) is 33.2 Å². The van der Waals surface area contributed by atoms with Crippen LogP contribution < -0.4 is 10.9 Å². The molecule has 0 atom stereocenters. The SMILES string of the molecule is O=C(O)CNC(=O)c1c(O)c2ccc(Cl)cc2n(Cc2ccc(C(F)(F)F)cc2)c1=O. The Morgan fingerprint density at radius 3 is 2.32 bits per heavy atom. The largest absolute Gasteiger partial charge is 0.506 e. The lowest BCUT2D eigenvalue weighted by Gasteiger charge is -2.16. The van der Waals surface area contributed by atoms with E-state index >= 15 is 0 Å². The van der Waals surface area contributed by atoms with E-state index in [1.54, 1.807) is 0 Å². The van der Waals surface area contributed by atoms with Crippen molar-refractivity contribution in [2.75, 3.05) is 6.54 Å². The minimum Gasteiger partial charge on any atom is -0.506 e. The van der Waals surface area contributed by atoms with Crippen LogP contribution in [0.5, 0.6) is 5.75 Å². The maximum atomic E-state index is 13.0. The van der Waals surface area contributed by atoms with Crippen molar-refractivity contribution < 1.29 is 33.0 Å². The molecule has 11 heteroatoms. The number of carboxylic acids is 1. The van der Waals surface area contributed by atoms with E-state index in [1.807, 2.05) is 5.32 Å². The van der Waals surface area contributed by atoms with E-state index < -0.39 is 47.0 Å². The van der Waals surface area contributed by atoms with Crippen LogP contribution in [0.25, 0.3) is 10.9 Å². The van der Waals surface area contributed by atoms with Crippen molar-refractivity contribution in [3.05, 3.63) is 74.5 Å². The van der Waals surface area contributed by atoms with Crippen molar-refractivity contribution in [2.45, 2.75) is 12.7 Å². The van der Waals surface area contributed by atoms with Gasteiger partial charge < -0.3 is 20.1 Å². The van der Waals surface area contributed by atoms with Gasteiger partial charge >= 0.3 is 12.1 Å². The van der Waals surface area contributed by atoms with Crippen LogP contribution in [0.3, 0.4) is 0 Å². The van der Waals surface area contributed by atoms with E-state index in [2.05, 4.69) is 0 Å². The number of fused-ring (bicyclic) bond motifs is 1. The molecule has 1 heterocycles. The number of nitrogens with one attached hydrogen (secondary N) is 1. The van der Waals surface area contributed by atoms with E-state index in [9.17, 15) is 32.7 Å². The van der Waals surface area contributed by atoms with Gasteiger partial charge in [-0.15, -0.1) is 0 Å². The Bertz CT molecular complexity index is 1240. The van der Waals surface area contributed by atoms with E-state index in [0.29, 0.717) is 5.56 Å². The van der Waals surface area contributed by atoms with Crippen molar-refractivity contribution in [2.24, 2.45) is 0 Å². The fourth-order valence-electron chi connectivity index (χ4n) is 3.00. The number of carboxylic acid groups (broad SMARTS) is 1. The third kappa shape index (κ3) is 4.64. The molecule has 1 amide bonds. The maximum absolute atomic E-state index is 13.0. The molecule has 0 radical (unpaired) electrons. The summed E-state index contributed by atoms with van der Waals surface area (Å²) in [6, 6.07) is 8.22. The van der Waals surface area contributed by atoms with E-state index in [1.165, 1.54) is 30.3 Å². The molecule has 0 bridgehead atoms. The molecule has 0 spiro atoms. The second-order valence-electron chi connectivity index (χ2n) is 6.55. The average Bonchev–Trinajstić information content (AvgIpc) is 2.69. The van der Waals surface area contributed by atoms with Gasteiger partial charge in [0, 0.05) is 10.4 Å². The second-order valence-corrected chi connectivity index (χ2v) is 6.98. The molecular formula is C20H14ClF3N2O5. The fraction of sp³-hybridized carbons (Fsp3) is 0.150. The number of rotatable bonds is 5. The number of carbonyl (C=O) groups is 2. The average molecular weight is 455 g/mol. The molecule has 0 aliphatic rings. The molecule has 3 aromatic rings. The van der Waals surface area contributed by atoms with Gasteiger partial charge in [-0.3, -0.25) is 14.4 Å². The number of hydrogen-bond acceptors (Lipinski definition) is 4. The fourth-order valence-corrected chi connectivity index (χ4v) is 3.16. The summed E-state index contributed by atoms with van der Waals surface area (Å²) in [6.07, 6.45) is -4.52. The Balaban J connectivity index is 2.15. The smallest absolute Gasteiger partial charge is 0.416 e. The number of alkyl halides is 3. The number of hydrogen-bond donors (Lipinski definition) is 3. The molecule has 31 heavy (non-hydrogen) atoms. The first-order valence-electron chi connectivity index (χ1n) is 8.70. The van der Waals surface area contributed by atoms with Gasteiger partial charge in [0.05, 0.1) is 17.6 Å². The summed E-state index contributed by atoms with van der Waals surface area (Å²) in [6.45, 7) is -1.01. The summed E-state index contributed by atoms with van der Waals surface area (Å²) in [5, 5.41) is 21.5. The molecule has 0 saturated carbocycles. The predicted octanol–water partition coefficient (Wildman–Crippen LogP) is 3.24. The highest BCUT2D eigenvalue weighted by molar-refractivity contribution is 6.31. The van der Waals surface area contributed by atoms with Gasteiger partial charge in [-0.25, -0.2) is 0 Å². The molecule has 0 aliphatic heterocycles. The molecular weight excluding hydrogens is 441 g/mol. The van der Waals surface area contributed by atoms with Gasteiger partial charge in [-0.05, 0) is 35.9 Å². The molecule has 1 aromatic heterocycles. The van der Waals surface area contributed by atoms with Gasteiger partial charge in [-0.2, -0.15) is 13.2 Å². The number of aromatic hydroxyl groups is 1. The molecule has 0 saturated heterocycles. The summed E-state index contributed by atoms with van der Waals surface area (Å²) in [5.74, 6) is -3.13. The minimum absolute atomic E-state index is 0.0800. The van der Waals surface area contributed by atoms with Gasteiger partial charge in [0.1, 0.15) is 17.9 Å². The molecule has 3 rings (SSSR count). The lowest BCUT2D eigenvalue weighted by atomic mass is 10.1. The van der Waals surface area contributed by atoms with Crippen molar-refractivity contribution in [1.29, 1.82) is 0 Å². The molecule has 3 N–H and O–H groups in total. The van der Waals surface area contributed by atoms with Crippen molar-refractivity contribution in [1.82, 2.24) is 9.88 Å². The standard InChI is InChI=1S/C20H14ClF3N2O5/c21-12-5-6-13-14(7-12)26(9-10-1-3-11(4-2-10)20(22,23)24)19(31)16(17(13)29)18(30)25-8-15(27)28/h1-7,29H,8-9H2,(H,25,30)(H,27,28). The first-order chi connectivity index (χ1) is 14.5. The van der Waals surface area contributed by atoms with Gasteiger partial charge in [-0.1, -0.05) is 23.7 Å². The third-order valence-electron chi connectivity index (χ3n) is 4.45. The second kappa shape index (κ2) is 8.31. The highest BCUT2D eigenvalue weighted by Gasteiger charge is 2.30. The summed E-state index contributed by atoms with van der Waals surface area (Å²) < 4.78 is 39.5. The molecule has 2 aromatic carbocycles. The number of aromatic nitrogens is 1. The minimum atomic E-state index is -4.52. The molecule has 0 unspecified atom stereocenters. The van der Waals surface area contributed by atoms with Crippen LogP contribution in [0.2, 0.25) is 5.02 Å². The summed E-state index contributed by atoms with van der Waals surface area (Å²) in [7, 11) is 0. The number of amides is 1. The predicted molar refractivity (Wildman–Crippen MR) is 105 cm³/mol. The highest BCUT2D eigenvalue weighted by Crippen LogP contribution is 2.31. The first kappa shape index (κ1) is 22.2. The quantitative estimate of drug-likeness (QED) is 0.548. The van der Waals surface area contributed by atoms with Crippen LogP contribution in [-0.2, 0) is 17.5 Å². The Hall–Kier alpha value is -3.53. The normalized spacial score (nSPS) is 11.5. The summed E-state index contributed by atoms with van der Waals surface area (Å²) >= 11 is 5.99. The van der Waals surface area contributed by atoms with Crippen molar-refractivity contribution in [3.63, 3.8) is 0 Å². The molecule has 0 fully saturated rings.